The smallest absolute Gasteiger partial charge is 0.257 e. The fourth-order valence-corrected chi connectivity index (χ4v) is 6.92. The molecule has 2 N–H and O–H groups in total. The van der Waals surface area contributed by atoms with Crippen LogP contribution in [0.15, 0.2) is 40.9 Å². The minimum atomic E-state index is -1.39. The van der Waals surface area contributed by atoms with Crippen LogP contribution in [0.25, 0.3) is 0 Å². The number of halogens is 2. The molecular formula is C30H33BrFN5O5. The molecular weight excluding hydrogens is 609 g/mol. The Balaban J connectivity index is 1.03. The van der Waals surface area contributed by atoms with Gasteiger partial charge in [-0.3, -0.25) is 34.3 Å². The average Bonchev–Trinajstić information content (AvgIpc) is 3.20. The number of fused-ring (bicyclic) bond motifs is 1. The lowest BCUT2D eigenvalue weighted by atomic mass is 9.92. The first-order chi connectivity index (χ1) is 20.2. The summed E-state index contributed by atoms with van der Waals surface area (Å²) in [5, 5.41) is 13.2. The molecule has 12 heteroatoms. The van der Waals surface area contributed by atoms with Crippen LogP contribution in [-0.4, -0.2) is 83.8 Å². The van der Waals surface area contributed by atoms with Gasteiger partial charge in [-0.25, -0.2) is 4.39 Å². The number of rotatable bonds is 6. The maximum absolute atomic E-state index is 15.3. The maximum Gasteiger partial charge on any atom is 0.257 e. The molecule has 4 heterocycles. The third kappa shape index (κ3) is 5.55. The molecule has 2 atom stereocenters. The number of amides is 4. The first kappa shape index (κ1) is 28.8. The fraction of sp³-hybridized carbons (Fsp3) is 0.467. The van der Waals surface area contributed by atoms with Crippen molar-refractivity contribution in [2.24, 2.45) is 5.92 Å². The molecule has 0 bridgehead atoms. The number of piperazine rings is 1. The number of hydrogen-bond acceptors (Lipinski definition) is 7. The van der Waals surface area contributed by atoms with Crippen molar-refractivity contribution in [3.63, 3.8) is 0 Å². The molecule has 0 aromatic heterocycles. The number of carbonyl (C=O) groups excluding carboxylic acids is 4. The zero-order valence-corrected chi connectivity index (χ0v) is 24.7. The van der Waals surface area contributed by atoms with Gasteiger partial charge in [-0.05, 0) is 68.5 Å². The molecule has 42 heavy (non-hydrogen) atoms. The second-order valence-corrected chi connectivity index (χ2v) is 12.4. The SMILES string of the molecule is O=C1CCC(N2C(=O)c3cc(F)c(N4CCC(CCN5CCN(c6cccc(Br)c6)C(=O)C5)CC4)cc3C2O)C(=O)N1. The number of piperidine rings is 2. The Morgan fingerprint density at radius 3 is 2.50 bits per heavy atom. The number of anilines is 2. The number of aliphatic hydroxyl groups is 1. The number of imide groups is 1. The largest absolute Gasteiger partial charge is 0.369 e. The molecule has 0 aliphatic carbocycles. The first-order valence-corrected chi connectivity index (χ1v) is 15.2. The average molecular weight is 643 g/mol. The van der Waals surface area contributed by atoms with Crippen molar-refractivity contribution in [1.29, 1.82) is 0 Å². The van der Waals surface area contributed by atoms with E-state index in [9.17, 15) is 24.3 Å². The van der Waals surface area contributed by atoms with Crippen molar-refractivity contribution in [3.05, 3.63) is 57.8 Å². The lowest BCUT2D eigenvalue weighted by Gasteiger charge is -2.37. The summed E-state index contributed by atoms with van der Waals surface area (Å²) in [6, 6.07) is 9.46. The van der Waals surface area contributed by atoms with Gasteiger partial charge in [0.2, 0.25) is 17.7 Å². The van der Waals surface area contributed by atoms with Gasteiger partial charge in [-0.1, -0.05) is 22.0 Å². The van der Waals surface area contributed by atoms with E-state index < -0.39 is 35.8 Å². The highest BCUT2D eigenvalue weighted by Crippen LogP contribution is 2.39. The standard InChI is InChI=1S/C30H33BrFN5O5/c31-19-2-1-3-20(14-19)36-13-12-34(17-27(36)39)9-6-18-7-10-35(11-8-18)25-16-22-21(15-23(25)32)29(41)37(30(22)42)24-4-5-26(38)33-28(24)40/h1-3,14-16,18,24,30,42H,4-13,17H2,(H,33,38,40). The Morgan fingerprint density at radius 2 is 1.79 bits per heavy atom. The van der Waals surface area contributed by atoms with Crippen molar-refractivity contribution in [1.82, 2.24) is 15.1 Å². The van der Waals surface area contributed by atoms with Gasteiger partial charge in [0, 0.05) is 48.3 Å². The van der Waals surface area contributed by atoms with E-state index in [0.717, 1.165) is 53.5 Å². The number of aliphatic hydroxyl groups excluding tert-OH is 1. The second kappa shape index (κ2) is 11.7. The van der Waals surface area contributed by atoms with E-state index in [2.05, 4.69) is 26.1 Å². The number of benzene rings is 2. The highest BCUT2D eigenvalue weighted by Gasteiger charge is 2.45. The van der Waals surface area contributed by atoms with Crippen LogP contribution in [0.1, 0.15) is 54.3 Å². The molecule has 4 aliphatic heterocycles. The van der Waals surface area contributed by atoms with Crippen LogP contribution < -0.4 is 15.1 Å². The summed E-state index contributed by atoms with van der Waals surface area (Å²) in [6.45, 7) is 3.96. The van der Waals surface area contributed by atoms with Crippen LogP contribution in [0.4, 0.5) is 15.8 Å². The molecule has 0 spiro atoms. The Hall–Kier alpha value is -3.35. The monoisotopic (exact) mass is 641 g/mol. The van der Waals surface area contributed by atoms with Crippen LogP contribution in [0.2, 0.25) is 0 Å². The van der Waals surface area contributed by atoms with E-state index in [1.54, 1.807) is 0 Å². The van der Waals surface area contributed by atoms with E-state index in [1.165, 1.54) is 6.07 Å². The van der Waals surface area contributed by atoms with Crippen molar-refractivity contribution in [2.45, 2.75) is 44.4 Å². The summed E-state index contributed by atoms with van der Waals surface area (Å²) in [5.41, 5.74) is 1.55. The molecule has 3 fully saturated rings. The Bertz CT molecular complexity index is 1430. The highest BCUT2D eigenvalue weighted by atomic mass is 79.9. The number of carbonyl (C=O) groups is 4. The molecule has 2 unspecified atom stereocenters. The molecule has 222 valence electrons. The molecule has 6 rings (SSSR count). The lowest BCUT2D eigenvalue weighted by Crippen LogP contribution is -2.53. The summed E-state index contributed by atoms with van der Waals surface area (Å²) < 4.78 is 16.2. The van der Waals surface area contributed by atoms with Gasteiger partial charge in [0.25, 0.3) is 5.91 Å². The Morgan fingerprint density at radius 1 is 1.00 bits per heavy atom. The van der Waals surface area contributed by atoms with Crippen molar-refractivity contribution in [2.75, 3.05) is 49.1 Å². The van der Waals surface area contributed by atoms with Crippen LogP contribution >= 0.6 is 15.9 Å². The van der Waals surface area contributed by atoms with Gasteiger partial charge in [0.1, 0.15) is 11.9 Å². The van der Waals surface area contributed by atoms with Gasteiger partial charge in [0.15, 0.2) is 6.23 Å². The molecule has 3 saturated heterocycles. The highest BCUT2D eigenvalue weighted by molar-refractivity contribution is 9.10. The number of nitrogens with one attached hydrogen (secondary N) is 1. The van der Waals surface area contributed by atoms with E-state index >= 15 is 4.39 Å². The second-order valence-electron chi connectivity index (χ2n) is 11.5. The number of nitrogens with zero attached hydrogens (tertiary/aromatic N) is 4. The van der Waals surface area contributed by atoms with E-state index in [4.69, 9.17) is 0 Å². The molecule has 0 radical (unpaired) electrons. The maximum atomic E-state index is 15.3. The minimum absolute atomic E-state index is 0.0397. The summed E-state index contributed by atoms with van der Waals surface area (Å²) in [5.74, 6) is -1.67. The minimum Gasteiger partial charge on any atom is -0.369 e. The summed E-state index contributed by atoms with van der Waals surface area (Å²) in [7, 11) is 0. The quantitative estimate of drug-likeness (QED) is 0.467. The van der Waals surface area contributed by atoms with Crippen LogP contribution in [0, 0.1) is 11.7 Å². The molecule has 10 nitrogen and oxygen atoms in total. The molecule has 2 aromatic rings. The summed E-state index contributed by atoms with van der Waals surface area (Å²) in [4.78, 5) is 56.8. The topological polar surface area (TPSA) is 114 Å². The van der Waals surface area contributed by atoms with Gasteiger partial charge in [-0.15, -0.1) is 0 Å². The third-order valence-corrected chi connectivity index (χ3v) is 9.39. The lowest BCUT2D eigenvalue weighted by molar-refractivity contribution is -0.139. The van der Waals surface area contributed by atoms with Gasteiger partial charge in [-0.2, -0.15) is 0 Å². The van der Waals surface area contributed by atoms with Gasteiger partial charge < -0.3 is 14.9 Å². The van der Waals surface area contributed by atoms with Crippen LogP contribution in [0.5, 0.6) is 0 Å². The predicted molar refractivity (Wildman–Crippen MR) is 156 cm³/mol. The van der Waals surface area contributed by atoms with Gasteiger partial charge >= 0.3 is 0 Å². The zero-order valence-electron chi connectivity index (χ0n) is 23.1. The van der Waals surface area contributed by atoms with Crippen molar-refractivity contribution < 1.29 is 28.7 Å². The van der Waals surface area contributed by atoms with E-state index in [0.29, 0.717) is 37.8 Å². The van der Waals surface area contributed by atoms with E-state index in [1.807, 2.05) is 34.1 Å². The molecule has 4 aliphatic rings. The van der Waals surface area contributed by atoms with Crippen LogP contribution in [-0.2, 0) is 14.4 Å². The first-order valence-electron chi connectivity index (χ1n) is 14.4. The van der Waals surface area contributed by atoms with E-state index in [-0.39, 0.29) is 29.9 Å². The van der Waals surface area contributed by atoms with Gasteiger partial charge in [0.05, 0.1) is 17.8 Å². The zero-order chi connectivity index (χ0) is 29.5. The number of hydrogen-bond donors (Lipinski definition) is 2. The molecule has 4 amide bonds. The summed E-state index contributed by atoms with van der Waals surface area (Å²) in [6.07, 6.45) is 1.48. The Labute approximate surface area is 251 Å². The van der Waals surface area contributed by atoms with Crippen molar-refractivity contribution >= 4 is 50.9 Å². The van der Waals surface area contributed by atoms with Crippen LogP contribution in [0.3, 0.4) is 0 Å². The summed E-state index contributed by atoms with van der Waals surface area (Å²) >= 11 is 3.47. The third-order valence-electron chi connectivity index (χ3n) is 8.90. The van der Waals surface area contributed by atoms with Crippen molar-refractivity contribution in [3.8, 4) is 0 Å². The predicted octanol–water partition coefficient (Wildman–Crippen LogP) is 2.80. The molecule has 2 aromatic carbocycles. The Kier molecular flexibility index (Phi) is 8.03. The normalized spacial score (nSPS) is 23.9. The molecule has 0 saturated carbocycles. The fourth-order valence-electron chi connectivity index (χ4n) is 6.54.